The molecule has 114 valence electrons. The molecule has 0 aliphatic carbocycles. The van der Waals surface area contributed by atoms with E-state index in [0.29, 0.717) is 12.0 Å². The SMILES string of the molecule is Cc1ccc(S(=O)(=O)O)c(CCc2ccc3sccc3c2)c1. The fraction of sp³-hybridized carbons (Fsp3) is 0.176. The number of fused-ring (bicyclic) bond motifs is 1. The van der Waals surface area contributed by atoms with Gasteiger partial charge in [-0.1, -0.05) is 29.8 Å². The summed E-state index contributed by atoms with van der Waals surface area (Å²) >= 11 is 1.71. The number of benzene rings is 2. The van der Waals surface area contributed by atoms with E-state index in [-0.39, 0.29) is 4.90 Å². The van der Waals surface area contributed by atoms with Crippen LogP contribution < -0.4 is 0 Å². The van der Waals surface area contributed by atoms with Crippen molar-refractivity contribution < 1.29 is 13.0 Å². The second-order valence-electron chi connectivity index (χ2n) is 5.38. The largest absolute Gasteiger partial charge is 0.294 e. The van der Waals surface area contributed by atoms with Gasteiger partial charge in [-0.2, -0.15) is 8.42 Å². The van der Waals surface area contributed by atoms with Gasteiger partial charge in [-0.15, -0.1) is 11.3 Å². The van der Waals surface area contributed by atoms with Gasteiger partial charge in [0.05, 0.1) is 4.90 Å². The van der Waals surface area contributed by atoms with Crippen LogP contribution in [0, 0.1) is 6.92 Å². The van der Waals surface area contributed by atoms with Gasteiger partial charge in [-0.05, 0) is 59.9 Å². The Bertz CT molecular complexity index is 924. The molecule has 3 aromatic rings. The Morgan fingerprint density at radius 1 is 1.05 bits per heavy atom. The summed E-state index contributed by atoms with van der Waals surface area (Å²) in [4.78, 5) is 0.00899. The lowest BCUT2D eigenvalue weighted by molar-refractivity contribution is 0.482. The molecular weight excluding hydrogens is 316 g/mol. The van der Waals surface area contributed by atoms with Gasteiger partial charge < -0.3 is 0 Å². The predicted molar refractivity (Wildman–Crippen MR) is 90.2 cm³/mol. The molecule has 0 atom stereocenters. The quantitative estimate of drug-likeness (QED) is 0.727. The number of rotatable bonds is 4. The normalized spacial score (nSPS) is 11.9. The van der Waals surface area contributed by atoms with Crippen LogP contribution >= 0.6 is 11.3 Å². The standard InChI is InChI=1S/C17H16O3S2/c1-12-2-7-17(22(18,19)20)15(10-12)5-3-13-4-6-16-14(11-13)8-9-21-16/h2,4,6-11H,3,5H2,1H3,(H,18,19,20). The summed E-state index contributed by atoms with van der Waals surface area (Å²) in [7, 11) is -4.18. The van der Waals surface area contributed by atoms with Crippen molar-refractivity contribution in [3.8, 4) is 0 Å². The number of hydrogen-bond donors (Lipinski definition) is 1. The van der Waals surface area contributed by atoms with Crippen molar-refractivity contribution in [1.29, 1.82) is 0 Å². The van der Waals surface area contributed by atoms with E-state index in [2.05, 4.69) is 29.6 Å². The Morgan fingerprint density at radius 3 is 2.64 bits per heavy atom. The van der Waals surface area contributed by atoms with E-state index in [1.165, 1.54) is 16.2 Å². The lowest BCUT2D eigenvalue weighted by atomic mass is 10.0. The van der Waals surface area contributed by atoms with Gasteiger partial charge in [0.1, 0.15) is 0 Å². The zero-order valence-electron chi connectivity index (χ0n) is 12.1. The van der Waals surface area contributed by atoms with Crippen molar-refractivity contribution in [3.05, 3.63) is 64.5 Å². The van der Waals surface area contributed by atoms with E-state index in [1.807, 2.05) is 13.0 Å². The van der Waals surface area contributed by atoms with Crippen molar-refractivity contribution in [2.45, 2.75) is 24.7 Å². The van der Waals surface area contributed by atoms with Crippen LogP contribution in [0.3, 0.4) is 0 Å². The van der Waals surface area contributed by atoms with E-state index >= 15 is 0 Å². The average Bonchev–Trinajstić information content (AvgIpc) is 2.91. The smallest absolute Gasteiger partial charge is 0.282 e. The second kappa shape index (κ2) is 5.83. The maximum atomic E-state index is 11.5. The molecule has 1 heterocycles. The van der Waals surface area contributed by atoms with Crippen molar-refractivity contribution in [2.75, 3.05) is 0 Å². The van der Waals surface area contributed by atoms with E-state index in [4.69, 9.17) is 0 Å². The summed E-state index contributed by atoms with van der Waals surface area (Å²) in [5.41, 5.74) is 2.80. The summed E-state index contributed by atoms with van der Waals surface area (Å²) in [6.07, 6.45) is 1.31. The zero-order chi connectivity index (χ0) is 15.7. The fourth-order valence-corrected chi connectivity index (χ4v) is 4.11. The van der Waals surface area contributed by atoms with Crippen LogP contribution in [0.15, 0.2) is 52.7 Å². The maximum absolute atomic E-state index is 11.5. The fourth-order valence-electron chi connectivity index (χ4n) is 2.61. The minimum atomic E-state index is -4.18. The van der Waals surface area contributed by atoms with Crippen LogP contribution in [0.1, 0.15) is 16.7 Å². The molecule has 3 nitrogen and oxygen atoms in total. The molecule has 22 heavy (non-hydrogen) atoms. The van der Waals surface area contributed by atoms with Crippen LogP contribution in [0.5, 0.6) is 0 Å². The minimum Gasteiger partial charge on any atom is -0.282 e. The molecule has 5 heteroatoms. The highest BCUT2D eigenvalue weighted by atomic mass is 32.2. The molecule has 0 saturated heterocycles. The van der Waals surface area contributed by atoms with Crippen molar-refractivity contribution in [3.63, 3.8) is 0 Å². The van der Waals surface area contributed by atoms with Crippen LogP contribution in [0.4, 0.5) is 0 Å². The van der Waals surface area contributed by atoms with Crippen LogP contribution in [-0.2, 0) is 23.0 Å². The summed E-state index contributed by atoms with van der Waals surface area (Å²) in [5.74, 6) is 0. The summed E-state index contributed by atoms with van der Waals surface area (Å²) in [5, 5.41) is 3.27. The summed E-state index contributed by atoms with van der Waals surface area (Å²) < 4.78 is 33.5. The van der Waals surface area contributed by atoms with Crippen molar-refractivity contribution >= 4 is 31.5 Å². The maximum Gasteiger partial charge on any atom is 0.294 e. The first-order chi connectivity index (χ1) is 10.4. The van der Waals surface area contributed by atoms with E-state index in [0.717, 1.165) is 17.5 Å². The van der Waals surface area contributed by atoms with Crippen molar-refractivity contribution in [1.82, 2.24) is 0 Å². The molecule has 1 aromatic heterocycles. The number of aryl methyl sites for hydroxylation is 3. The van der Waals surface area contributed by atoms with E-state index < -0.39 is 10.1 Å². The Labute approximate surface area is 134 Å². The van der Waals surface area contributed by atoms with E-state index in [9.17, 15) is 13.0 Å². The molecular formula is C17H16O3S2. The lowest BCUT2D eigenvalue weighted by Gasteiger charge is -2.09. The van der Waals surface area contributed by atoms with Crippen molar-refractivity contribution in [2.24, 2.45) is 0 Å². The number of hydrogen-bond acceptors (Lipinski definition) is 3. The Balaban J connectivity index is 1.88. The summed E-state index contributed by atoms with van der Waals surface area (Å²) in [6.45, 7) is 1.91. The Kier molecular flexibility index (Phi) is 4.04. The molecule has 0 radical (unpaired) electrons. The van der Waals surface area contributed by atoms with Gasteiger partial charge in [-0.3, -0.25) is 4.55 Å². The van der Waals surface area contributed by atoms with Gasteiger partial charge >= 0.3 is 0 Å². The molecule has 3 rings (SSSR count). The first-order valence-electron chi connectivity index (χ1n) is 6.97. The van der Waals surface area contributed by atoms with Crippen LogP contribution in [0.25, 0.3) is 10.1 Å². The topological polar surface area (TPSA) is 54.4 Å². The molecule has 0 aliphatic heterocycles. The van der Waals surface area contributed by atoms with E-state index in [1.54, 1.807) is 17.4 Å². The predicted octanol–water partition coefficient (Wildman–Crippen LogP) is 4.24. The third-order valence-corrected chi connectivity index (χ3v) is 5.55. The molecule has 0 spiro atoms. The highest BCUT2D eigenvalue weighted by Gasteiger charge is 2.15. The monoisotopic (exact) mass is 332 g/mol. The van der Waals surface area contributed by atoms with Gasteiger partial charge in [0.2, 0.25) is 0 Å². The zero-order valence-corrected chi connectivity index (χ0v) is 13.7. The minimum absolute atomic E-state index is 0.00899. The van der Waals surface area contributed by atoms with Gasteiger partial charge in [-0.25, -0.2) is 0 Å². The third kappa shape index (κ3) is 3.21. The highest BCUT2D eigenvalue weighted by Crippen LogP contribution is 2.24. The van der Waals surface area contributed by atoms with Crippen LogP contribution in [0.2, 0.25) is 0 Å². The van der Waals surface area contributed by atoms with Crippen LogP contribution in [-0.4, -0.2) is 13.0 Å². The molecule has 1 N–H and O–H groups in total. The Morgan fingerprint density at radius 2 is 1.86 bits per heavy atom. The number of thiophene rings is 1. The molecule has 0 saturated carbocycles. The summed E-state index contributed by atoms with van der Waals surface area (Å²) in [6, 6.07) is 13.4. The van der Waals surface area contributed by atoms with Gasteiger partial charge in [0.15, 0.2) is 0 Å². The first-order valence-corrected chi connectivity index (χ1v) is 9.28. The highest BCUT2D eigenvalue weighted by molar-refractivity contribution is 7.85. The molecule has 2 aromatic carbocycles. The molecule has 0 bridgehead atoms. The second-order valence-corrected chi connectivity index (χ2v) is 7.72. The molecule has 0 aliphatic rings. The average molecular weight is 332 g/mol. The Hall–Kier alpha value is -1.69. The first kappa shape index (κ1) is 15.2. The molecule has 0 amide bonds. The van der Waals surface area contributed by atoms with Gasteiger partial charge in [0, 0.05) is 4.70 Å². The lowest BCUT2D eigenvalue weighted by Crippen LogP contribution is -2.05. The van der Waals surface area contributed by atoms with Gasteiger partial charge in [0.25, 0.3) is 10.1 Å². The third-order valence-electron chi connectivity index (χ3n) is 3.69. The molecule has 0 fully saturated rings. The molecule has 0 unspecified atom stereocenters.